The molecule has 1 aliphatic rings. The lowest BCUT2D eigenvalue weighted by Crippen LogP contribution is -2.46. The lowest BCUT2D eigenvalue weighted by molar-refractivity contribution is 0.229. The van der Waals surface area contributed by atoms with Crippen molar-refractivity contribution in [2.45, 2.75) is 5.03 Å². The Morgan fingerprint density at radius 2 is 2.05 bits per heavy atom. The first-order valence-electron chi connectivity index (χ1n) is 6.37. The van der Waals surface area contributed by atoms with Gasteiger partial charge in [0.25, 0.3) is 10.0 Å². The topological polar surface area (TPSA) is 83.4 Å². The number of aromatic nitrogens is 3. The van der Waals surface area contributed by atoms with Gasteiger partial charge in [-0.25, -0.2) is 13.1 Å². The molecule has 1 fully saturated rings. The van der Waals surface area contributed by atoms with E-state index < -0.39 is 10.0 Å². The molecule has 0 unspecified atom stereocenters. The first-order valence-corrected chi connectivity index (χ1v) is 8.61. The fourth-order valence-electron chi connectivity index (χ4n) is 2.08. The van der Waals surface area contributed by atoms with Crippen molar-refractivity contribution in [1.82, 2.24) is 29.5 Å². The van der Waals surface area contributed by atoms with Gasteiger partial charge in [0.1, 0.15) is 0 Å². The SMILES string of the molecule is CN(CCN1CCNCC1)S(=O)(=O)c1c(Br)nnn1C. The number of likely N-dealkylation sites (N-methyl/N-ethyl adjacent to an activating group) is 1. The number of nitrogens with zero attached hydrogens (tertiary/aromatic N) is 5. The van der Waals surface area contributed by atoms with Crippen molar-refractivity contribution in [3.8, 4) is 0 Å². The summed E-state index contributed by atoms with van der Waals surface area (Å²) in [4.78, 5) is 2.25. The van der Waals surface area contributed by atoms with E-state index in [1.807, 2.05) is 0 Å². The molecule has 1 N–H and O–H groups in total. The number of rotatable bonds is 5. The lowest BCUT2D eigenvalue weighted by atomic mass is 10.3. The number of nitrogens with one attached hydrogen (secondary N) is 1. The molecule has 0 aliphatic carbocycles. The average molecular weight is 367 g/mol. The third-order valence-corrected chi connectivity index (χ3v) is 6.08. The Balaban J connectivity index is 2.02. The predicted octanol–water partition coefficient (Wildman–Crippen LogP) is -0.897. The van der Waals surface area contributed by atoms with Crippen molar-refractivity contribution in [1.29, 1.82) is 0 Å². The molecule has 2 heterocycles. The van der Waals surface area contributed by atoms with Crippen LogP contribution in [-0.2, 0) is 17.1 Å². The molecule has 0 aromatic carbocycles. The van der Waals surface area contributed by atoms with Gasteiger partial charge in [-0.3, -0.25) is 4.90 Å². The molecule has 0 amide bonds. The Morgan fingerprint density at radius 1 is 1.40 bits per heavy atom. The van der Waals surface area contributed by atoms with Crippen molar-refractivity contribution in [3.63, 3.8) is 0 Å². The van der Waals surface area contributed by atoms with E-state index in [-0.39, 0.29) is 9.63 Å². The molecule has 0 radical (unpaired) electrons. The number of halogens is 1. The van der Waals surface area contributed by atoms with Crippen LogP contribution in [0.15, 0.2) is 9.63 Å². The minimum absolute atomic E-state index is 0.0836. The lowest BCUT2D eigenvalue weighted by Gasteiger charge is -2.28. The second-order valence-corrected chi connectivity index (χ2v) is 7.44. The van der Waals surface area contributed by atoms with Crippen LogP contribution >= 0.6 is 15.9 Å². The Kier molecular flexibility index (Phi) is 5.13. The Bertz CT molecular complexity index is 535. The van der Waals surface area contributed by atoms with E-state index in [4.69, 9.17) is 0 Å². The van der Waals surface area contributed by atoms with Gasteiger partial charge in [-0.1, -0.05) is 5.21 Å². The van der Waals surface area contributed by atoms with Crippen molar-refractivity contribution < 1.29 is 8.42 Å². The van der Waals surface area contributed by atoms with E-state index in [1.54, 1.807) is 14.1 Å². The summed E-state index contributed by atoms with van der Waals surface area (Å²) >= 11 is 3.13. The minimum atomic E-state index is -3.58. The summed E-state index contributed by atoms with van der Waals surface area (Å²) in [5, 5.41) is 10.8. The summed E-state index contributed by atoms with van der Waals surface area (Å²) < 4.78 is 27.8. The van der Waals surface area contributed by atoms with Crippen LogP contribution in [0, 0.1) is 0 Å². The van der Waals surface area contributed by atoms with Gasteiger partial charge < -0.3 is 5.32 Å². The average Bonchev–Trinajstić information content (AvgIpc) is 2.77. The van der Waals surface area contributed by atoms with Crippen LogP contribution in [0.25, 0.3) is 0 Å². The van der Waals surface area contributed by atoms with Crippen molar-refractivity contribution in [2.75, 3.05) is 46.3 Å². The fourth-order valence-corrected chi connectivity index (χ4v) is 4.26. The largest absolute Gasteiger partial charge is 0.314 e. The summed E-state index contributed by atoms with van der Waals surface area (Å²) in [6, 6.07) is 0. The molecule has 0 spiro atoms. The maximum Gasteiger partial charge on any atom is 0.262 e. The molecule has 1 aliphatic heterocycles. The number of hydrogen-bond donors (Lipinski definition) is 1. The zero-order valence-electron chi connectivity index (χ0n) is 11.6. The first-order chi connectivity index (χ1) is 9.43. The summed E-state index contributed by atoms with van der Waals surface area (Å²) in [6.45, 7) is 4.97. The van der Waals surface area contributed by atoms with Crippen LogP contribution in [0.5, 0.6) is 0 Å². The van der Waals surface area contributed by atoms with Crippen LogP contribution in [0.4, 0.5) is 0 Å². The van der Waals surface area contributed by atoms with Crippen molar-refractivity contribution in [3.05, 3.63) is 4.60 Å². The zero-order valence-corrected chi connectivity index (χ0v) is 14.0. The molecule has 114 valence electrons. The third kappa shape index (κ3) is 3.37. The van der Waals surface area contributed by atoms with Gasteiger partial charge in [0, 0.05) is 53.4 Å². The van der Waals surface area contributed by atoms with E-state index in [0.29, 0.717) is 6.54 Å². The Labute approximate surface area is 127 Å². The third-order valence-electron chi connectivity index (χ3n) is 3.33. The van der Waals surface area contributed by atoms with E-state index in [2.05, 4.69) is 36.5 Å². The molecule has 1 aromatic rings. The van der Waals surface area contributed by atoms with Crippen LogP contribution < -0.4 is 5.32 Å². The van der Waals surface area contributed by atoms with Crippen LogP contribution in [-0.4, -0.2) is 78.9 Å². The molecule has 0 bridgehead atoms. The van der Waals surface area contributed by atoms with Gasteiger partial charge in [0.05, 0.1) is 0 Å². The molecule has 10 heteroatoms. The predicted molar refractivity (Wildman–Crippen MR) is 77.8 cm³/mol. The van der Waals surface area contributed by atoms with Crippen molar-refractivity contribution >= 4 is 26.0 Å². The van der Waals surface area contributed by atoms with Crippen LogP contribution in [0.2, 0.25) is 0 Å². The second-order valence-electron chi connectivity index (χ2n) is 4.73. The Hall–Kier alpha value is -0.550. The summed E-state index contributed by atoms with van der Waals surface area (Å²) in [7, 11) is -0.431. The van der Waals surface area contributed by atoms with Crippen LogP contribution in [0.1, 0.15) is 0 Å². The minimum Gasteiger partial charge on any atom is -0.314 e. The van der Waals surface area contributed by atoms with E-state index >= 15 is 0 Å². The molecule has 1 aromatic heterocycles. The Morgan fingerprint density at radius 3 is 2.60 bits per heavy atom. The monoisotopic (exact) mass is 366 g/mol. The number of sulfonamides is 1. The number of hydrogen-bond acceptors (Lipinski definition) is 6. The summed E-state index contributed by atoms with van der Waals surface area (Å²) in [5.41, 5.74) is 0. The maximum absolute atomic E-state index is 12.5. The molecule has 2 rings (SSSR count). The highest BCUT2D eigenvalue weighted by molar-refractivity contribution is 9.10. The quantitative estimate of drug-likeness (QED) is 0.727. The fraction of sp³-hybridized carbons (Fsp3) is 0.800. The molecule has 8 nitrogen and oxygen atoms in total. The van der Waals surface area contributed by atoms with E-state index in [9.17, 15) is 8.42 Å². The summed E-state index contributed by atoms with van der Waals surface area (Å²) in [5.74, 6) is 0. The van der Waals surface area contributed by atoms with Gasteiger partial charge in [-0.15, -0.1) is 5.10 Å². The zero-order chi connectivity index (χ0) is 14.8. The molecule has 1 saturated heterocycles. The maximum atomic E-state index is 12.5. The normalized spacial score (nSPS) is 17.8. The van der Waals surface area contributed by atoms with Gasteiger partial charge in [-0.2, -0.15) is 4.31 Å². The molecule has 0 saturated carbocycles. The molecular formula is C10H19BrN6O2S. The van der Waals surface area contributed by atoms with Gasteiger partial charge in [0.15, 0.2) is 4.60 Å². The van der Waals surface area contributed by atoms with E-state index in [0.717, 1.165) is 32.7 Å². The molecule has 20 heavy (non-hydrogen) atoms. The van der Waals surface area contributed by atoms with E-state index in [1.165, 1.54) is 8.99 Å². The molecule has 0 atom stereocenters. The highest BCUT2D eigenvalue weighted by Gasteiger charge is 2.28. The number of piperazine rings is 1. The van der Waals surface area contributed by atoms with Gasteiger partial charge in [0.2, 0.25) is 5.03 Å². The molecular weight excluding hydrogens is 348 g/mol. The summed E-state index contributed by atoms with van der Waals surface area (Å²) in [6.07, 6.45) is 0. The second kappa shape index (κ2) is 6.48. The number of aryl methyl sites for hydroxylation is 1. The van der Waals surface area contributed by atoms with Crippen LogP contribution in [0.3, 0.4) is 0 Å². The highest BCUT2D eigenvalue weighted by Crippen LogP contribution is 2.21. The highest BCUT2D eigenvalue weighted by atomic mass is 79.9. The van der Waals surface area contributed by atoms with Crippen molar-refractivity contribution in [2.24, 2.45) is 7.05 Å². The first kappa shape index (κ1) is 15.8. The van der Waals surface area contributed by atoms with Gasteiger partial charge in [-0.05, 0) is 15.9 Å². The smallest absolute Gasteiger partial charge is 0.262 e. The standard InChI is InChI=1S/C10H19BrN6O2S/c1-15(7-8-17-5-3-12-4-6-17)20(18,19)10-9(11)13-14-16(10)2/h12H,3-8H2,1-2H3. The van der Waals surface area contributed by atoms with Gasteiger partial charge >= 0.3 is 0 Å².